The van der Waals surface area contributed by atoms with Crippen molar-refractivity contribution in [2.75, 3.05) is 0 Å². The summed E-state index contributed by atoms with van der Waals surface area (Å²) in [5.41, 5.74) is 0. The lowest BCUT2D eigenvalue weighted by atomic mass is 10.7. The predicted molar refractivity (Wildman–Crippen MR) is 49.2 cm³/mol. The molecule has 0 aliphatic heterocycles. The molecule has 0 aromatic heterocycles. The van der Waals surface area contributed by atoms with Crippen LogP contribution in [-0.2, 0) is 9.53 Å². The van der Waals surface area contributed by atoms with E-state index in [0.717, 1.165) is 6.92 Å². The van der Waals surface area contributed by atoms with E-state index >= 15 is 0 Å². The molecule has 0 aliphatic rings. The molecule has 1 unspecified atom stereocenters. The van der Waals surface area contributed by atoms with E-state index in [0.29, 0.717) is 0 Å². The second-order valence-electron chi connectivity index (χ2n) is 1.99. The number of hydrogen-bond donors (Lipinski definition) is 2. The summed E-state index contributed by atoms with van der Waals surface area (Å²) in [7, 11) is 0. The molecular formula is C8H13F3O5. The van der Waals surface area contributed by atoms with Crippen LogP contribution in [0.2, 0.25) is 0 Å². The van der Waals surface area contributed by atoms with Gasteiger partial charge in [0.15, 0.2) is 0 Å². The van der Waals surface area contributed by atoms with Crippen molar-refractivity contribution in [1.82, 2.24) is 0 Å². The molecule has 0 saturated heterocycles. The molecular weight excluding hydrogens is 233 g/mol. The molecule has 8 heteroatoms. The fourth-order valence-electron chi connectivity index (χ4n) is 0.210. The Morgan fingerprint density at radius 3 is 1.62 bits per heavy atom. The smallest absolute Gasteiger partial charge is 0.450 e. The van der Waals surface area contributed by atoms with E-state index in [4.69, 9.17) is 15.0 Å². The molecule has 16 heavy (non-hydrogen) atoms. The van der Waals surface area contributed by atoms with Gasteiger partial charge in [0, 0.05) is 6.92 Å². The quantitative estimate of drug-likeness (QED) is 0.577. The summed E-state index contributed by atoms with van der Waals surface area (Å²) in [5, 5.41) is 13.9. The molecule has 0 spiro atoms. The summed E-state index contributed by atoms with van der Waals surface area (Å²) < 4.78 is 37.3. The summed E-state index contributed by atoms with van der Waals surface area (Å²) in [5.74, 6) is -1.05. The number of allylic oxidation sites excluding steroid dienone is 1. The van der Waals surface area contributed by atoms with Gasteiger partial charge in [-0.15, -0.1) is 6.58 Å². The van der Waals surface area contributed by atoms with Gasteiger partial charge in [-0.2, -0.15) is 4.39 Å². The Kier molecular flexibility index (Phi) is 16.4. The van der Waals surface area contributed by atoms with Crippen molar-refractivity contribution in [2.45, 2.75) is 26.6 Å². The van der Waals surface area contributed by atoms with Crippen LogP contribution in [0, 0.1) is 0 Å². The van der Waals surface area contributed by atoms with Crippen LogP contribution in [0.4, 0.5) is 18.0 Å². The topological polar surface area (TPSA) is 83.8 Å². The number of hydrogen-bond acceptors (Lipinski definition) is 3. The number of carbonyl (C=O) groups is 2. The van der Waals surface area contributed by atoms with Crippen LogP contribution in [0.25, 0.3) is 0 Å². The summed E-state index contributed by atoms with van der Waals surface area (Å²) in [6.45, 7) is 6.11. The van der Waals surface area contributed by atoms with E-state index in [-0.39, 0.29) is 0 Å². The number of ether oxygens (including phenoxy) is 1. The molecule has 1 atom stereocenters. The molecule has 0 aromatic carbocycles. The largest absolute Gasteiger partial charge is 0.503 e. The van der Waals surface area contributed by atoms with E-state index in [1.807, 2.05) is 6.92 Å². The molecule has 0 rings (SSSR count). The minimum Gasteiger partial charge on any atom is -0.450 e. The fourth-order valence-corrected chi connectivity index (χ4v) is 0.210. The highest BCUT2D eigenvalue weighted by molar-refractivity contribution is 5.66. The zero-order valence-electron chi connectivity index (χ0n) is 8.69. The molecule has 0 aromatic rings. The highest BCUT2D eigenvalue weighted by atomic mass is 19.3. The first-order valence-electron chi connectivity index (χ1n) is 3.77. The van der Waals surface area contributed by atoms with Gasteiger partial charge >= 0.3 is 24.9 Å². The lowest BCUT2D eigenvalue weighted by Crippen LogP contribution is -2.18. The van der Waals surface area contributed by atoms with E-state index in [1.165, 1.54) is 0 Å². The van der Waals surface area contributed by atoms with Gasteiger partial charge in [-0.25, -0.2) is 13.6 Å². The first kappa shape index (κ1) is 19.8. The van der Waals surface area contributed by atoms with Crippen molar-refractivity contribution in [3.63, 3.8) is 0 Å². The second kappa shape index (κ2) is 13.3. The normalized spacial score (nSPS) is 9.88. The molecule has 0 heterocycles. The summed E-state index contributed by atoms with van der Waals surface area (Å²) >= 11 is 0. The SMILES string of the molecule is C=CC.CC(=O)OC(F)C(F)F.O=C(O)O. The predicted octanol–water partition coefficient (Wildman–Crippen LogP) is 2.52. The number of carbonyl (C=O) groups excluding carboxylic acids is 1. The average molecular weight is 246 g/mol. The number of esters is 1. The van der Waals surface area contributed by atoms with Crippen molar-refractivity contribution < 1.29 is 37.7 Å². The average Bonchev–Trinajstić information content (AvgIpc) is 2.02. The van der Waals surface area contributed by atoms with E-state index in [9.17, 15) is 18.0 Å². The summed E-state index contributed by atoms with van der Waals surface area (Å²) in [6.07, 6.45) is -6.13. The monoisotopic (exact) mass is 246 g/mol. The van der Waals surface area contributed by atoms with Crippen LogP contribution in [0.3, 0.4) is 0 Å². The van der Waals surface area contributed by atoms with Crippen LogP contribution in [0.15, 0.2) is 12.7 Å². The van der Waals surface area contributed by atoms with Crippen LogP contribution < -0.4 is 0 Å². The Bertz CT molecular complexity index is 204. The maximum absolute atomic E-state index is 11.6. The molecule has 0 radical (unpaired) electrons. The third-order valence-electron chi connectivity index (χ3n) is 0.477. The minimum atomic E-state index is -3.26. The third-order valence-corrected chi connectivity index (χ3v) is 0.477. The first-order chi connectivity index (χ1) is 7.18. The number of alkyl halides is 3. The molecule has 0 amide bonds. The van der Waals surface area contributed by atoms with Crippen molar-refractivity contribution in [3.05, 3.63) is 12.7 Å². The van der Waals surface area contributed by atoms with Crippen LogP contribution >= 0.6 is 0 Å². The number of rotatable bonds is 2. The van der Waals surface area contributed by atoms with Gasteiger partial charge in [-0.3, -0.25) is 4.79 Å². The van der Waals surface area contributed by atoms with Crippen LogP contribution in [-0.4, -0.2) is 35.1 Å². The van der Waals surface area contributed by atoms with Gasteiger partial charge in [0.25, 0.3) is 0 Å². The highest BCUT2D eigenvalue weighted by Gasteiger charge is 2.21. The molecule has 0 saturated carbocycles. The Labute approximate surface area is 90.1 Å². The fraction of sp³-hybridized carbons (Fsp3) is 0.500. The molecule has 0 fully saturated rings. The molecule has 0 bridgehead atoms. The Morgan fingerprint density at radius 2 is 1.56 bits per heavy atom. The number of carboxylic acid groups (broad SMARTS) is 2. The van der Waals surface area contributed by atoms with Gasteiger partial charge in [0.1, 0.15) is 0 Å². The first-order valence-corrected chi connectivity index (χ1v) is 3.77. The zero-order valence-corrected chi connectivity index (χ0v) is 8.69. The Hall–Kier alpha value is -1.73. The molecule has 2 N–H and O–H groups in total. The molecule has 96 valence electrons. The maximum Gasteiger partial charge on any atom is 0.503 e. The van der Waals surface area contributed by atoms with E-state index in [1.54, 1.807) is 6.08 Å². The van der Waals surface area contributed by atoms with Crippen LogP contribution in [0.5, 0.6) is 0 Å². The van der Waals surface area contributed by atoms with Crippen molar-refractivity contribution in [1.29, 1.82) is 0 Å². The van der Waals surface area contributed by atoms with Crippen molar-refractivity contribution in [3.8, 4) is 0 Å². The van der Waals surface area contributed by atoms with E-state index < -0.39 is 24.9 Å². The zero-order chi connectivity index (χ0) is 13.7. The lowest BCUT2D eigenvalue weighted by molar-refractivity contribution is -0.171. The maximum atomic E-state index is 11.6. The lowest BCUT2D eigenvalue weighted by Gasteiger charge is -2.04. The van der Waals surface area contributed by atoms with Crippen molar-refractivity contribution >= 4 is 12.1 Å². The highest BCUT2D eigenvalue weighted by Crippen LogP contribution is 2.06. The molecule has 5 nitrogen and oxygen atoms in total. The van der Waals surface area contributed by atoms with Crippen molar-refractivity contribution in [2.24, 2.45) is 0 Å². The second-order valence-corrected chi connectivity index (χ2v) is 1.99. The number of halogens is 3. The van der Waals surface area contributed by atoms with Gasteiger partial charge in [-0.1, -0.05) is 6.08 Å². The summed E-state index contributed by atoms with van der Waals surface area (Å²) in [6, 6.07) is 0. The standard InChI is InChI=1S/C4H5F3O2.C3H6.CH2O3/c1-2(8)9-4(7)3(5)6;1-3-2;2-1(3)4/h3-4H,1H3;3H,1H2,2H3;(H2,2,3,4). The van der Waals surface area contributed by atoms with E-state index in [2.05, 4.69) is 11.3 Å². The van der Waals surface area contributed by atoms with Gasteiger partial charge < -0.3 is 14.9 Å². The minimum absolute atomic E-state index is 0.856. The van der Waals surface area contributed by atoms with Crippen LogP contribution in [0.1, 0.15) is 13.8 Å². The molecule has 0 aliphatic carbocycles. The van der Waals surface area contributed by atoms with Gasteiger partial charge in [0.2, 0.25) is 0 Å². The van der Waals surface area contributed by atoms with Gasteiger partial charge in [-0.05, 0) is 6.92 Å². The Balaban J connectivity index is -0.000000201. The summed E-state index contributed by atoms with van der Waals surface area (Å²) in [4.78, 5) is 18.3. The third kappa shape index (κ3) is 39.6. The Morgan fingerprint density at radius 1 is 1.31 bits per heavy atom. The van der Waals surface area contributed by atoms with Gasteiger partial charge in [0.05, 0.1) is 0 Å².